The van der Waals surface area contributed by atoms with Gasteiger partial charge in [0.15, 0.2) is 0 Å². The molecule has 7 aliphatic carbocycles. The topological polar surface area (TPSA) is 0 Å². The van der Waals surface area contributed by atoms with E-state index in [0.717, 1.165) is 33.2 Å². The summed E-state index contributed by atoms with van der Waals surface area (Å²) >= 11 is -1.97. The minimum absolute atomic E-state index is 0. The van der Waals surface area contributed by atoms with Crippen LogP contribution in [0.3, 0.4) is 0 Å². The van der Waals surface area contributed by atoms with Gasteiger partial charge in [-0.2, -0.15) is 0 Å². The van der Waals surface area contributed by atoms with E-state index in [1.165, 1.54) is 38.5 Å². The molecule has 0 saturated heterocycles. The Morgan fingerprint density at radius 3 is 1.63 bits per heavy atom. The standard InChI is InChI=1S/C21H21.C6H10.C5H5.2ClH.Zr/c1-2-8-15-14(7-1)13-20-18-11-4-3-9-16(18)17-10-5-6-12-19(17)21(15)20;1-2-4-6-5-3-1;1-2-4-5-3-1;;;/h1-21H;1-5H2;1-3H,4H2;2*1H;/q;;;;;+2/p-2. The van der Waals surface area contributed by atoms with E-state index in [-0.39, 0.29) is 24.8 Å². The quantitative estimate of drug-likeness (QED) is 0.466. The molecule has 0 spiro atoms. The van der Waals surface area contributed by atoms with E-state index < -0.39 is 21.3 Å². The van der Waals surface area contributed by atoms with Gasteiger partial charge in [0.2, 0.25) is 0 Å². The molecule has 0 aliphatic heterocycles. The third-order valence-corrected chi connectivity index (χ3v) is 19.3. The van der Waals surface area contributed by atoms with E-state index in [1.807, 2.05) is 3.28 Å². The van der Waals surface area contributed by atoms with Crippen LogP contribution in [0, 0.1) is 47.3 Å². The van der Waals surface area contributed by atoms with Gasteiger partial charge in [0.05, 0.1) is 0 Å². The van der Waals surface area contributed by atoms with Gasteiger partial charge in [0.25, 0.3) is 0 Å². The maximum Gasteiger partial charge on any atom is -1.00 e. The molecule has 3 saturated carbocycles. The van der Waals surface area contributed by atoms with Crippen LogP contribution in [0.5, 0.6) is 0 Å². The van der Waals surface area contributed by atoms with Crippen LogP contribution in [-0.4, -0.2) is 3.21 Å². The first-order valence-electron chi connectivity index (χ1n) is 13.5. The first-order chi connectivity index (χ1) is 16.4. The van der Waals surface area contributed by atoms with Crippen molar-refractivity contribution in [2.24, 2.45) is 47.3 Å². The van der Waals surface area contributed by atoms with Crippen LogP contribution in [0.1, 0.15) is 38.5 Å². The van der Waals surface area contributed by atoms with Gasteiger partial charge in [-0.05, 0) is 0 Å². The van der Waals surface area contributed by atoms with E-state index in [4.69, 9.17) is 0 Å². The van der Waals surface area contributed by atoms with Crippen molar-refractivity contribution in [3.8, 4) is 0 Å². The fourth-order valence-electron chi connectivity index (χ4n) is 8.93. The molecule has 0 aromatic carbocycles. The van der Waals surface area contributed by atoms with Crippen molar-refractivity contribution in [2.75, 3.05) is 0 Å². The number of fused-ring (bicyclic) bond motifs is 8. The van der Waals surface area contributed by atoms with Crippen LogP contribution in [-0.2, 0) is 21.3 Å². The van der Waals surface area contributed by atoms with Crippen molar-refractivity contribution in [3.63, 3.8) is 0 Å². The van der Waals surface area contributed by atoms with E-state index >= 15 is 0 Å². The normalized spacial score (nSPS) is 41.1. The summed E-state index contributed by atoms with van der Waals surface area (Å²) in [5.41, 5.74) is 0. The van der Waals surface area contributed by atoms with Crippen molar-refractivity contribution >= 4 is 3.21 Å². The molecule has 0 bridgehead atoms. The second kappa shape index (κ2) is 10.9. The molecule has 3 fully saturated rings. The molecule has 35 heavy (non-hydrogen) atoms. The Bertz CT molecular complexity index is 1090. The van der Waals surface area contributed by atoms with Crippen molar-refractivity contribution in [1.29, 1.82) is 0 Å². The van der Waals surface area contributed by atoms with Gasteiger partial charge in [0, 0.05) is 0 Å². The summed E-state index contributed by atoms with van der Waals surface area (Å²) in [5, 5.41) is 0. The van der Waals surface area contributed by atoms with Gasteiger partial charge in [-0.3, -0.25) is 0 Å². The monoisotopic (exact) mass is 580 g/mol. The average Bonchev–Trinajstić information content (AvgIpc) is 3.53. The summed E-state index contributed by atoms with van der Waals surface area (Å²) in [4.78, 5) is 0. The molecule has 0 aromatic rings. The molecule has 0 N–H and O–H groups in total. The zero-order valence-corrected chi connectivity index (χ0v) is 24.3. The molecule has 0 aromatic heterocycles. The second-order valence-corrected chi connectivity index (χ2v) is 18.3. The fourth-order valence-corrected chi connectivity index (χ4v) is 19.8. The maximum absolute atomic E-state index is 2.68. The molecule has 3 heteroatoms. The van der Waals surface area contributed by atoms with Gasteiger partial charge in [-0.1, -0.05) is 0 Å². The maximum atomic E-state index is 2.68. The van der Waals surface area contributed by atoms with Crippen LogP contribution in [0.15, 0.2) is 94.4 Å². The Hall–Kier alpha value is -0.747. The number of halogens is 2. The average molecular weight is 583 g/mol. The summed E-state index contributed by atoms with van der Waals surface area (Å²) in [5.74, 6) is 5.97. The molecule has 0 radical (unpaired) electrons. The molecule has 0 nitrogen and oxygen atoms in total. The predicted octanol–water partition coefficient (Wildman–Crippen LogP) is 1.72. The Morgan fingerprint density at radius 1 is 0.543 bits per heavy atom. The molecule has 0 amide bonds. The molecule has 182 valence electrons. The summed E-state index contributed by atoms with van der Waals surface area (Å²) in [7, 11) is 0. The second-order valence-electron chi connectivity index (χ2n) is 11.4. The van der Waals surface area contributed by atoms with E-state index in [9.17, 15) is 0 Å². The Balaban J connectivity index is 0.00000127. The fraction of sp³-hybridized carbons (Fsp3) is 0.469. The predicted molar refractivity (Wildman–Crippen MR) is 136 cm³/mol. The first kappa shape index (κ1) is 25.9. The number of rotatable bonds is 2. The van der Waals surface area contributed by atoms with Crippen LogP contribution in [0.25, 0.3) is 0 Å². The zero-order chi connectivity index (χ0) is 21.8. The van der Waals surface area contributed by atoms with Crippen molar-refractivity contribution < 1.29 is 46.1 Å². The molecule has 7 rings (SSSR count). The van der Waals surface area contributed by atoms with Crippen molar-refractivity contribution in [2.45, 2.75) is 42.2 Å². The smallest absolute Gasteiger partial charge is 1.00 e. The van der Waals surface area contributed by atoms with Gasteiger partial charge in [-0.15, -0.1) is 0 Å². The van der Waals surface area contributed by atoms with Crippen LogP contribution >= 0.6 is 0 Å². The van der Waals surface area contributed by atoms with Crippen molar-refractivity contribution in [3.05, 3.63) is 94.4 Å². The van der Waals surface area contributed by atoms with Gasteiger partial charge in [0.1, 0.15) is 0 Å². The Morgan fingerprint density at radius 2 is 1.06 bits per heavy atom. The molecular formula is C32H36Cl2Zr. The van der Waals surface area contributed by atoms with Gasteiger partial charge < -0.3 is 24.8 Å². The summed E-state index contributed by atoms with van der Waals surface area (Å²) in [6, 6.07) is 0. The van der Waals surface area contributed by atoms with Gasteiger partial charge in [-0.25, -0.2) is 0 Å². The Labute approximate surface area is 231 Å². The Kier molecular flexibility index (Phi) is 8.08. The summed E-state index contributed by atoms with van der Waals surface area (Å²) < 4.78 is 4.96. The zero-order valence-electron chi connectivity index (χ0n) is 20.4. The van der Waals surface area contributed by atoms with Crippen LogP contribution in [0.2, 0.25) is 3.63 Å². The molecule has 9 atom stereocenters. The van der Waals surface area contributed by atoms with Crippen molar-refractivity contribution in [1.82, 2.24) is 0 Å². The largest absolute Gasteiger partial charge is 1.00 e. The van der Waals surface area contributed by atoms with Crippen LogP contribution < -0.4 is 24.8 Å². The van der Waals surface area contributed by atoms with Crippen LogP contribution in [0.4, 0.5) is 0 Å². The molecule has 7 aliphatic rings. The van der Waals surface area contributed by atoms with E-state index in [1.54, 1.807) is 0 Å². The third-order valence-electron chi connectivity index (χ3n) is 10.0. The molecule has 0 heterocycles. The summed E-state index contributed by atoms with van der Waals surface area (Å²) in [6.07, 6.45) is 45.9. The van der Waals surface area contributed by atoms with E-state index in [2.05, 4.69) is 94.3 Å². The summed E-state index contributed by atoms with van der Waals surface area (Å²) in [6.45, 7) is 0. The first-order valence-corrected chi connectivity index (χ1v) is 17.4. The molecular weight excluding hydrogens is 546 g/mol. The third kappa shape index (κ3) is 4.27. The minimum atomic E-state index is -1.97. The number of allylic oxidation sites excluding steroid dienone is 16. The van der Waals surface area contributed by atoms with Gasteiger partial charge >= 0.3 is 208 Å². The number of hydrogen-bond donors (Lipinski definition) is 0. The SMILES string of the molecule is C1=CC[C]([Zr+2](=[C]2CCCCC2)[CH]2C3C=CC=CC3C3C4C=CC=CC4C4C=CC=CC4C32)=C1.[Cl-].[Cl-]. The minimum Gasteiger partial charge on any atom is -1.00 e. The van der Waals surface area contributed by atoms with E-state index in [0.29, 0.717) is 17.8 Å². The number of hydrogen-bond acceptors (Lipinski definition) is 0. The molecule has 9 unspecified atom stereocenters.